The quantitative estimate of drug-likeness (QED) is 0.878. The van der Waals surface area contributed by atoms with E-state index in [2.05, 4.69) is 33.2 Å². The van der Waals surface area contributed by atoms with Crippen molar-refractivity contribution >= 4 is 21.7 Å². The van der Waals surface area contributed by atoms with Gasteiger partial charge in [0, 0.05) is 17.1 Å². The van der Waals surface area contributed by atoms with Gasteiger partial charge in [0.15, 0.2) is 0 Å². The predicted molar refractivity (Wildman–Crippen MR) is 72.8 cm³/mol. The first kappa shape index (κ1) is 10.8. The van der Waals surface area contributed by atoms with E-state index in [1.54, 1.807) is 4.68 Å². The Morgan fingerprint density at radius 2 is 2.18 bits per heavy atom. The molecule has 0 aliphatic heterocycles. The van der Waals surface area contributed by atoms with E-state index in [-0.39, 0.29) is 0 Å². The van der Waals surface area contributed by atoms with E-state index in [0.717, 1.165) is 16.9 Å². The predicted octanol–water partition coefficient (Wildman–Crippen LogP) is 2.92. The SMILES string of the molecule is Cn1ncc(-c2cc(Br)c3c(c2)CCC3)c1N. The van der Waals surface area contributed by atoms with Crippen LogP contribution in [0.5, 0.6) is 0 Å². The number of aryl methyl sites for hydroxylation is 2. The van der Waals surface area contributed by atoms with E-state index in [9.17, 15) is 0 Å². The van der Waals surface area contributed by atoms with Gasteiger partial charge in [0.2, 0.25) is 0 Å². The monoisotopic (exact) mass is 291 g/mol. The average molecular weight is 292 g/mol. The van der Waals surface area contributed by atoms with E-state index < -0.39 is 0 Å². The molecule has 0 bridgehead atoms. The molecule has 3 rings (SSSR count). The lowest BCUT2D eigenvalue weighted by Gasteiger charge is -2.07. The smallest absolute Gasteiger partial charge is 0.129 e. The van der Waals surface area contributed by atoms with Crippen molar-refractivity contribution in [2.45, 2.75) is 19.3 Å². The van der Waals surface area contributed by atoms with Gasteiger partial charge < -0.3 is 5.73 Å². The summed E-state index contributed by atoms with van der Waals surface area (Å²) in [5.41, 5.74) is 11.1. The first-order chi connectivity index (χ1) is 8.16. The van der Waals surface area contributed by atoms with Crippen LogP contribution >= 0.6 is 15.9 Å². The minimum absolute atomic E-state index is 0.717. The van der Waals surface area contributed by atoms with Crippen molar-refractivity contribution in [1.82, 2.24) is 9.78 Å². The maximum absolute atomic E-state index is 6.02. The summed E-state index contributed by atoms with van der Waals surface area (Å²) >= 11 is 3.66. The fourth-order valence-electron chi connectivity index (χ4n) is 2.48. The average Bonchev–Trinajstić information content (AvgIpc) is 2.88. The van der Waals surface area contributed by atoms with Crippen LogP contribution in [0.4, 0.5) is 5.82 Å². The van der Waals surface area contributed by atoms with Crippen LogP contribution in [0, 0.1) is 0 Å². The molecule has 1 aliphatic rings. The van der Waals surface area contributed by atoms with Crippen molar-refractivity contribution in [3.8, 4) is 11.1 Å². The molecule has 0 saturated carbocycles. The molecule has 3 nitrogen and oxygen atoms in total. The summed E-state index contributed by atoms with van der Waals surface area (Å²) in [6, 6.07) is 4.40. The maximum Gasteiger partial charge on any atom is 0.129 e. The van der Waals surface area contributed by atoms with Gasteiger partial charge >= 0.3 is 0 Å². The van der Waals surface area contributed by atoms with Crippen molar-refractivity contribution in [1.29, 1.82) is 0 Å². The number of nitrogens with zero attached hydrogens (tertiary/aromatic N) is 2. The molecule has 0 unspecified atom stereocenters. The number of rotatable bonds is 1. The van der Waals surface area contributed by atoms with Gasteiger partial charge in [0.25, 0.3) is 0 Å². The minimum atomic E-state index is 0.717. The maximum atomic E-state index is 6.02. The van der Waals surface area contributed by atoms with Crippen molar-refractivity contribution < 1.29 is 0 Å². The van der Waals surface area contributed by atoms with E-state index in [1.165, 1.54) is 34.9 Å². The largest absolute Gasteiger partial charge is 0.383 e. The van der Waals surface area contributed by atoms with Gasteiger partial charge in [-0.25, -0.2) is 0 Å². The number of anilines is 1. The van der Waals surface area contributed by atoms with Gasteiger partial charge in [-0.1, -0.05) is 22.0 Å². The zero-order valence-corrected chi connectivity index (χ0v) is 11.3. The lowest BCUT2D eigenvalue weighted by Crippen LogP contribution is -1.98. The number of hydrogen-bond donors (Lipinski definition) is 1. The van der Waals surface area contributed by atoms with Crippen LogP contribution in [-0.2, 0) is 19.9 Å². The summed E-state index contributed by atoms with van der Waals surface area (Å²) in [6.45, 7) is 0. The Hall–Kier alpha value is -1.29. The van der Waals surface area contributed by atoms with Gasteiger partial charge in [-0.05, 0) is 42.0 Å². The summed E-state index contributed by atoms with van der Waals surface area (Å²) in [6.07, 6.45) is 5.43. The van der Waals surface area contributed by atoms with Crippen LogP contribution in [0.25, 0.3) is 11.1 Å². The molecule has 0 radical (unpaired) electrons. The fraction of sp³-hybridized carbons (Fsp3) is 0.308. The summed E-state index contributed by atoms with van der Waals surface area (Å²) in [5.74, 6) is 0.717. The van der Waals surface area contributed by atoms with Gasteiger partial charge in [-0.3, -0.25) is 4.68 Å². The van der Waals surface area contributed by atoms with Gasteiger partial charge in [0.1, 0.15) is 5.82 Å². The van der Waals surface area contributed by atoms with Gasteiger partial charge in [-0.15, -0.1) is 0 Å². The lowest BCUT2D eigenvalue weighted by atomic mass is 10.0. The molecule has 1 aromatic carbocycles. The van der Waals surface area contributed by atoms with Gasteiger partial charge in [0.05, 0.1) is 6.20 Å². The van der Waals surface area contributed by atoms with E-state index in [0.29, 0.717) is 0 Å². The highest BCUT2D eigenvalue weighted by molar-refractivity contribution is 9.10. The molecule has 88 valence electrons. The zero-order chi connectivity index (χ0) is 12.0. The molecule has 0 saturated heterocycles. The summed E-state index contributed by atoms with van der Waals surface area (Å²) in [7, 11) is 1.86. The van der Waals surface area contributed by atoms with E-state index >= 15 is 0 Å². The van der Waals surface area contributed by atoms with E-state index in [1.807, 2.05) is 13.2 Å². The molecule has 0 amide bonds. The van der Waals surface area contributed by atoms with Gasteiger partial charge in [-0.2, -0.15) is 5.10 Å². The Bertz CT molecular complexity index is 587. The molecule has 2 N–H and O–H groups in total. The highest BCUT2D eigenvalue weighted by Crippen LogP contribution is 2.35. The van der Waals surface area contributed by atoms with Crippen molar-refractivity contribution in [2.75, 3.05) is 5.73 Å². The minimum Gasteiger partial charge on any atom is -0.383 e. The summed E-state index contributed by atoms with van der Waals surface area (Å²) in [5, 5.41) is 4.19. The first-order valence-electron chi connectivity index (χ1n) is 5.76. The number of halogens is 1. The number of hydrogen-bond acceptors (Lipinski definition) is 2. The molecule has 4 heteroatoms. The number of nitrogen functional groups attached to an aromatic ring is 1. The second-order valence-electron chi connectivity index (χ2n) is 4.52. The van der Waals surface area contributed by atoms with Crippen LogP contribution < -0.4 is 5.73 Å². The molecular weight excluding hydrogens is 278 g/mol. The van der Waals surface area contributed by atoms with E-state index in [4.69, 9.17) is 5.73 Å². The zero-order valence-electron chi connectivity index (χ0n) is 9.70. The van der Waals surface area contributed by atoms with Crippen molar-refractivity contribution in [3.05, 3.63) is 33.9 Å². The second kappa shape index (κ2) is 3.88. The van der Waals surface area contributed by atoms with Crippen molar-refractivity contribution in [3.63, 3.8) is 0 Å². The van der Waals surface area contributed by atoms with Crippen molar-refractivity contribution in [2.24, 2.45) is 7.05 Å². The summed E-state index contributed by atoms with van der Waals surface area (Å²) < 4.78 is 2.90. The third-order valence-electron chi connectivity index (χ3n) is 3.46. The van der Waals surface area contributed by atoms with Crippen LogP contribution in [0.1, 0.15) is 17.5 Å². The molecule has 1 aromatic heterocycles. The molecular formula is C13H14BrN3. The highest BCUT2D eigenvalue weighted by Gasteiger charge is 2.17. The Balaban J connectivity index is 2.16. The highest BCUT2D eigenvalue weighted by atomic mass is 79.9. The molecule has 0 fully saturated rings. The van der Waals surface area contributed by atoms with Crippen LogP contribution in [0.2, 0.25) is 0 Å². The molecule has 0 spiro atoms. The Kier molecular flexibility index (Phi) is 2.47. The Labute approximate surface area is 109 Å². The Morgan fingerprint density at radius 3 is 2.88 bits per heavy atom. The van der Waals surface area contributed by atoms with Crippen LogP contribution in [0.15, 0.2) is 22.8 Å². The lowest BCUT2D eigenvalue weighted by molar-refractivity contribution is 0.779. The number of benzene rings is 1. The first-order valence-corrected chi connectivity index (χ1v) is 6.55. The normalized spacial score (nSPS) is 14.0. The third kappa shape index (κ3) is 1.67. The molecule has 1 heterocycles. The Morgan fingerprint density at radius 1 is 1.35 bits per heavy atom. The van der Waals surface area contributed by atoms with Crippen LogP contribution in [-0.4, -0.2) is 9.78 Å². The number of fused-ring (bicyclic) bond motifs is 1. The standard InChI is InChI=1S/C13H14BrN3/c1-17-13(15)11(7-16-17)9-5-8-3-2-4-10(8)12(14)6-9/h5-7H,2-4,15H2,1H3. The number of aromatic nitrogens is 2. The molecule has 1 aliphatic carbocycles. The topological polar surface area (TPSA) is 43.8 Å². The molecule has 0 atom stereocenters. The molecule has 17 heavy (non-hydrogen) atoms. The summed E-state index contributed by atoms with van der Waals surface area (Å²) in [4.78, 5) is 0. The molecule has 2 aromatic rings. The second-order valence-corrected chi connectivity index (χ2v) is 5.37. The van der Waals surface area contributed by atoms with Crippen LogP contribution in [0.3, 0.4) is 0 Å². The fourth-order valence-corrected chi connectivity index (χ4v) is 3.18. The third-order valence-corrected chi connectivity index (χ3v) is 4.16. The number of nitrogens with two attached hydrogens (primary N) is 1.